The Morgan fingerprint density at radius 2 is 0.694 bits per heavy atom. The Balaban J connectivity index is 1.61. The van der Waals surface area contributed by atoms with E-state index in [0.29, 0.717) is 44.5 Å². The zero-order chi connectivity index (χ0) is 26.2. The van der Waals surface area contributed by atoms with Gasteiger partial charge < -0.3 is 20.4 Å². The highest BCUT2D eigenvalue weighted by atomic mass is 16.3. The van der Waals surface area contributed by atoms with Gasteiger partial charge in [-0.1, -0.05) is 0 Å². The van der Waals surface area contributed by atoms with Crippen molar-refractivity contribution in [2.45, 2.75) is 79.0 Å². The first-order chi connectivity index (χ1) is 16.8. The summed E-state index contributed by atoms with van der Waals surface area (Å²) in [7, 11) is 0. The van der Waals surface area contributed by atoms with Gasteiger partial charge in [0.05, 0.1) is 26.2 Å². The highest BCUT2D eigenvalue weighted by molar-refractivity contribution is 5.89. The van der Waals surface area contributed by atoms with Crippen LogP contribution in [-0.4, -0.2) is 63.4 Å². The number of urea groups is 2. The van der Waals surface area contributed by atoms with Crippen LogP contribution in [0.15, 0.2) is 0 Å². The van der Waals surface area contributed by atoms with Gasteiger partial charge in [0.15, 0.2) is 11.3 Å². The summed E-state index contributed by atoms with van der Waals surface area (Å²) >= 11 is 0. The van der Waals surface area contributed by atoms with E-state index in [-0.39, 0.29) is 61.2 Å². The first-order valence-electron chi connectivity index (χ1n) is 12.0. The van der Waals surface area contributed by atoms with Crippen molar-refractivity contribution in [2.24, 2.45) is 0 Å². The van der Waals surface area contributed by atoms with Crippen LogP contribution in [0.1, 0.15) is 58.4 Å². The molecule has 2 saturated heterocycles. The number of carbonyl (C=O) groups is 2. The molecule has 4 aliphatic rings. The summed E-state index contributed by atoms with van der Waals surface area (Å²) in [6, 6.07) is -0.727. The molecule has 0 unspecified atom stereocenters. The number of amides is 4. The molecule has 0 bridgehead atoms. The molecule has 190 valence electrons. The number of hydrogen-bond donors (Lipinski definition) is 4. The van der Waals surface area contributed by atoms with Crippen LogP contribution < -0.4 is 0 Å². The minimum atomic E-state index is -1.15. The maximum Gasteiger partial charge on any atom is 0.324 e. The quantitative estimate of drug-likeness (QED) is 0.416. The van der Waals surface area contributed by atoms with Crippen molar-refractivity contribution in [3.05, 3.63) is 44.5 Å². The van der Waals surface area contributed by atoms with Crippen LogP contribution in [0.2, 0.25) is 0 Å². The third-order valence-corrected chi connectivity index (χ3v) is 9.61. The highest BCUT2D eigenvalue weighted by Crippen LogP contribution is 2.58. The molecule has 4 amide bonds. The topological polar surface area (TPSA) is 128 Å². The molecular weight excluding hydrogens is 464 g/mol. The minimum Gasteiger partial charge on any atom is -0.507 e. The van der Waals surface area contributed by atoms with Crippen molar-refractivity contribution >= 4 is 12.1 Å². The Labute approximate surface area is 208 Å². The van der Waals surface area contributed by atoms with E-state index < -0.39 is 11.3 Å². The molecule has 0 aromatic heterocycles. The molecule has 10 heteroatoms. The first-order valence-corrected chi connectivity index (χ1v) is 12.0. The van der Waals surface area contributed by atoms with Crippen molar-refractivity contribution in [3.63, 3.8) is 0 Å². The highest BCUT2D eigenvalue weighted by Gasteiger charge is 2.75. The van der Waals surface area contributed by atoms with Crippen molar-refractivity contribution in [2.75, 3.05) is 0 Å². The van der Waals surface area contributed by atoms with Crippen molar-refractivity contribution in [1.29, 1.82) is 0 Å². The molecule has 2 fully saturated rings. The molecule has 4 aliphatic heterocycles. The van der Waals surface area contributed by atoms with E-state index in [1.807, 2.05) is 13.8 Å². The molecule has 4 N–H and O–H groups in total. The van der Waals surface area contributed by atoms with Gasteiger partial charge in [-0.2, -0.15) is 0 Å². The number of nitrogens with zero attached hydrogens (tertiary/aromatic N) is 4. The van der Waals surface area contributed by atoms with Gasteiger partial charge in [0, 0.05) is 22.3 Å². The van der Waals surface area contributed by atoms with Crippen molar-refractivity contribution in [1.82, 2.24) is 19.6 Å². The van der Waals surface area contributed by atoms with E-state index in [1.165, 1.54) is 0 Å². The fourth-order valence-electron chi connectivity index (χ4n) is 6.74. The van der Waals surface area contributed by atoms with Gasteiger partial charge in [0.2, 0.25) is 0 Å². The molecule has 0 aliphatic carbocycles. The standard InChI is InChI=1S/C26H30N4O6/c1-11-12(2)20(32)16-8-28-24(36)30-10-18-17(21(33)13(3)14(4)22(18)34)9-29-23(35)27(7-15(16)19(11)31)25(28,5)26(29,30)6/h31-34H,7-10H2,1-6H3/t25-,26+. The molecule has 10 nitrogen and oxygen atoms in total. The number of hydrogen-bond acceptors (Lipinski definition) is 6. The van der Waals surface area contributed by atoms with Gasteiger partial charge in [-0.3, -0.25) is 19.6 Å². The SMILES string of the molecule is Cc1c(C)c(O)c2c(c1O)CN1C(=O)N3Cc4c(O)c(C)c(C)c(O)c4CN4C(=O)N(C2)[C@]1(C)[C@]43C. The Morgan fingerprint density at radius 3 is 0.889 bits per heavy atom. The maximum atomic E-state index is 14.1. The second-order valence-corrected chi connectivity index (χ2v) is 10.8. The summed E-state index contributed by atoms with van der Waals surface area (Å²) in [6.07, 6.45) is 0. The molecule has 6 rings (SSSR count). The molecule has 0 saturated carbocycles. The number of phenolic OH excluding ortho intramolecular Hbond substituents is 4. The van der Waals surface area contributed by atoms with Crippen LogP contribution in [0.5, 0.6) is 23.0 Å². The molecule has 2 aromatic carbocycles. The molecule has 0 radical (unpaired) electrons. The minimum absolute atomic E-state index is 0.00586. The monoisotopic (exact) mass is 494 g/mol. The van der Waals surface area contributed by atoms with Crippen LogP contribution in [-0.2, 0) is 26.2 Å². The van der Waals surface area contributed by atoms with Gasteiger partial charge in [0.1, 0.15) is 23.0 Å². The molecule has 0 atom stereocenters. The van der Waals surface area contributed by atoms with Gasteiger partial charge in [-0.15, -0.1) is 0 Å². The van der Waals surface area contributed by atoms with E-state index in [2.05, 4.69) is 0 Å². The lowest BCUT2D eigenvalue weighted by atomic mass is 9.95. The van der Waals surface area contributed by atoms with Crippen LogP contribution in [0, 0.1) is 27.7 Å². The number of rotatable bonds is 0. The fourth-order valence-corrected chi connectivity index (χ4v) is 6.74. The second kappa shape index (κ2) is 6.48. The Bertz CT molecular complexity index is 1230. The average Bonchev–Trinajstić information content (AvgIpc) is 3.01. The summed E-state index contributed by atoms with van der Waals surface area (Å²) in [6.45, 7) is 10.5. The second-order valence-electron chi connectivity index (χ2n) is 10.8. The van der Waals surface area contributed by atoms with E-state index in [4.69, 9.17) is 0 Å². The lowest BCUT2D eigenvalue weighted by molar-refractivity contribution is -0.0429. The Hall–Kier alpha value is -3.82. The molecule has 36 heavy (non-hydrogen) atoms. The van der Waals surface area contributed by atoms with Gasteiger partial charge in [-0.25, -0.2) is 9.59 Å². The third-order valence-electron chi connectivity index (χ3n) is 9.61. The van der Waals surface area contributed by atoms with Crippen molar-refractivity contribution in [3.8, 4) is 23.0 Å². The average molecular weight is 495 g/mol. The largest absolute Gasteiger partial charge is 0.507 e. The van der Waals surface area contributed by atoms with Crippen LogP contribution in [0.25, 0.3) is 0 Å². The third kappa shape index (κ3) is 2.16. The maximum absolute atomic E-state index is 14.1. The predicted octanol–water partition coefficient (Wildman–Crippen LogP) is 3.38. The number of benzene rings is 2. The lowest BCUT2D eigenvalue weighted by Crippen LogP contribution is -2.63. The van der Waals surface area contributed by atoms with Gasteiger partial charge >= 0.3 is 12.1 Å². The van der Waals surface area contributed by atoms with Crippen LogP contribution in [0.3, 0.4) is 0 Å². The molecule has 2 aromatic rings. The zero-order valence-electron chi connectivity index (χ0n) is 21.2. The number of fused-ring (bicyclic) bond motifs is 2. The summed E-state index contributed by atoms with van der Waals surface area (Å²) in [5, 5.41) is 44.1. The van der Waals surface area contributed by atoms with Crippen LogP contribution >= 0.6 is 0 Å². The fraction of sp³-hybridized carbons (Fsp3) is 0.462. The van der Waals surface area contributed by atoms with Gasteiger partial charge in [-0.05, 0) is 63.8 Å². The smallest absolute Gasteiger partial charge is 0.324 e. The van der Waals surface area contributed by atoms with E-state index >= 15 is 0 Å². The van der Waals surface area contributed by atoms with E-state index in [9.17, 15) is 30.0 Å². The number of carbonyl (C=O) groups excluding carboxylic acids is 2. The number of phenols is 4. The Morgan fingerprint density at radius 1 is 0.500 bits per heavy atom. The molecular formula is C26H30N4O6. The molecule has 0 spiro atoms. The summed E-state index contributed by atoms with van der Waals surface area (Å²) < 4.78 is 0. The summed E-state index contributed by atoms with van der Waals surface area (Å²) in [4.78, 5) is 34.5. The van der Waals surface area contributed by atoms with E-state index in [0.717, 1.165) is 0 Å². The zero-order valence-corrected chi connectivity index (χ0v) is 21.2. The predicted molar refractivity (Wildman–Crippen MR) is 128 cm³/mol. The van der Waals surface area contributed by atoms with Crippen LogP contribution in [0.4, 0.5) is 9.59 Å². The molecule has 4 heterocycles. The van der Waals surface area contributed by atoms with Crippen molar-refractivity contribution < 1.29 is 30.0 Å². The lowest BCUT2D eigenvalue weighted by Gasteiger charge is -2.44. The summed E-state index contributed by atoms with van der Waals surface area (Å²) in [5.41, 5.74) is 1.49. The first kappa shape index (κ1) is 22.6. The van der Waals surface area contributed by atoms with Gasteiger partial charge in [0.25, 0.3) is 0 Å². The van der Waals surface area contributed by atoms with E-state index in [1.54, 1.807) is 47.3 Å². The normalized spacial score (nSPS) is 26.2. The Kier molecular flexibility index (Phi) is 4.08. The summed E-state index contributed by atoms with van der Waals surface area (Å²) in [5.74, 6) is 0.0313. The number of aromatic hydroxyl groups is 4.